The Morgan fingerprint density at radius 3 is 2.52 bits per heavy atom. The molecule has 1 aliphatic rings. The molecule has 138 valence electrons. The molecule has 1 N–H and O–H groups in total. The molecule has 2 atom stereocenters. The molecule has 0 bridgehead atoms. The molecular weight excluding hydrogens is 316 g/mol. The zero-order chi connectivity index (χ0) is 18.4. The van der Waals surface area contributed by atoms with Gasteiger partial charge in [0.15, 0.2) is 0 Å². The summed E-state index contributed by atoms with van der Waals surface area (Å²) in [5.74, 6) is 0.833. The maximum atomic E-state index is 12.6. The number of carbonyl (C=O) groups excluding carboxylic acids is 2. The van der Waals surface area contributed by atoms with E-state index in [-0.39, 0.29) is 29.8 Å². The predicted octanol–water partition coefficient (Wildman–Crippen LogP) is 2.78. The summed E-state index contributed by atoms with van der Waals surface area (Å²) < 4.78 is 5.16. The highest BCUT2D eigenvalue weighted by atomic mass is 16.5. The van der Waals surface area contributed by atoms with Crippen molar-refractivity contribution in [3.63, 3.8) is 0 Å². The first-order valence-corrected chi connectivity index (χ1v) is 9.16. The fourth-order valence-electron chi connectivity index (χ4n) is 3.22. The molecule has 5 nitrogen and oxygen atoms in total. The van der Waals surface area contributed by atoms with Crippen LogP contribution in [0.4, 0.5) is 0 Å². The Labute approximate surface area is 150 Å². The van der Waals surface area contributed by atoms with Crippen molar-refractivity contribution in [1.82, 2.24) is 10.2 Å². The van der Waals surface area contributed by atoms with Gasteiger partial charge in [0.25, 0.3) is 0 Å². The van der Waals surface area contributed by atoms with Crippen molar-refractivity contribution in [2.24, 2.45) is 5.92 Å². The highest BCUT2D eigenvalue weighted by molar-refractivity contribution is 5.89. The van der Waals surface area contributed by atoms with Gasteiger partial charge in [-0.2, -0.15) is 0 Å². The van der Waals surface area contributed by atoms with Gasteiger partial charge in [0.1, 0.15) is 11.8 Å². The van der Waals surface area contributed by atoms with Crippen LogP contribution in [0.5, 0.6) is 5.75 Å². The van der Waals surface area contributed by atoms with Crippen LogP contribution in [0.2, 0.25) is 0 Å². The van der Waals surface area contributed by atoms with Crippen molar-refractivity contribution in [2.75, 3.05) is 13.7 Å². The Morgan fingerprint density at radius 1 is 1.24 bits per heavy atom. The van der Waals surface area contributed by atoms with E-state index < -0.39 is 0 Å². The van der Waals surface area contributed by atoms with E-state index in [1.165, 1.54) is 5.56 Å². The van der Waals surface area contributed by atoms with Crippen molar-refractivity contribution >= 4 is 11.8 Å². The van der Waals surface area contributed by atoms with Gasteiger partial charge in [-0.25, -0.2) is 0 Å². The molecule has 1 aromatic rings. The second-order valence-electron chi connectivity index (χ2n) is 7.14. The van der Waals surface area contributed by atoms with Gasteiger partial charge in [0.05, 0.1) is 7.11 Å². The maximum Gasteiger partial charge on any atom is 0.243 e. The summed E-state index contributed by atoms with van der Waals surface area (Å²) in [6, 6.07) is 7.77. The summed E-state index contributed by atoms with van der Waals surface area (Å²) in [5, 5.41) is 3.08. The van der Waals surface area contributed by atoms with E-state index in [1.807, 2.05) is 45.0 Å². The molecule has 5 heteroatoms. The van der Waals surface area contributed by atoms with Crippen molar-refractivity contribution in [3.8, 4) is 5.75 Å². The molecule has 1 saturated heterocycles. The molecule has 1 aromatic carbocycles. The number of hydrogen-bond acceptors (Lipinski definition) is 3. The van der Waals surface area contributed by atoms with Gasteiger partial charge in [0.2, 0.25) is 11.8 Å². The number of nitrogens with zero attached hydrogens (tertiary/aromatic N) is 1. The maximum absolute atomic E-state index is 12.6. The van der Waals surface area contributed by atoms with Crippen LogP contribution in [0.25, 0.3) is 0 Å². The Hall–Kier alpha value is -2.04. The molecule has 0 aliphatic carbocycles. The Morgan fingerprint density at radius 2 is 1.92 bits per heavy atom. The number of aryl methyl sites for hydroxylation is 1. The van der Waals surface area contributed by atoms with Crippen LogP contribution in [0, 0.1) is 5.92 Å². The summed E-state index contributed by atoms with van der Waals surface area (Å²) in [4.78, 5) is 26.6. The molecule has 1 heterocycles. The lowest BCUT2D eigenvalue weighted by molar-refractivity contribution is -0.141. The van der Waals surface area contributed by atoms with Crippen LogP contribution >= 0.6 is 0 Å². The standard InChI is InChI=1S/C20H30N2O3/c1-14(2)20(24)22-13-5-6-18(22)19(23)21-15(3)7-8-16-9-11-17(25-4)12-10-16/h9-12,14-15,18H,5-8,13H2,1-4H3,(H,21,23)/t15-,18-/m0/s1. The van der Waals surface area contributed by atoms with E-state index >= 15 is 0 Å². The third-order valence-corrected chi connectivity index (χ3v) is 4.75. The smallest absolute Gasteiger partial charge is 0.243 e. The largest absolute Gasteiger partial charge is 0.497 e. The molecule has 25 heavy (non-hydrogen) atoms. The van der Waals surface area contributed by atoms with E-state index in [1.54, 1.807) is 12.0 Å². The van der Waals surface area contributed by atoms with Crippen LogP contribution in [0.1, 0.15) is 45.6 Å². The first-order valence-electron chi connectivity index (χ1n) is 9.16. The number of amides is 2. The van der Waals surface area contributed by atoms with E-state index in [0.29, 0.717) is 6.54 Å². The number of likely N-dealkylation sites (tertiary alicyclic amines) is 1. The Balaban J connectivity index is 1.83. The van der Waals surface area contributed by atoms with Crippen LogP contribution in [0.3, 0.4) is 0 Å². The third-order valence-electron chi connectivity index (χ3n) is 4.75. The second kappa shape index (κ2) is 8.88. The lowest BCUT2D eigenvalue weighted by Gasteiger charge is -2.27. The number of methoxy groups -OCH3 is 1. The number of hydrogen-bond donors (Lipinski definition) is 1. The van der Waals surface area contributed by atoms with Crippen molar-refractivity contribution in [2.45, 2.75) is 58.5 Å². The molecule has 0 radical (unpaired) electrons. The summed E-state index contributed by atoms with van der Waals surface area (Å²) in [5.41, 5.74) is 1.22. The Kier molecular flexibility index (Phi) is 6.85. The minimum absolute atomic E-state index is 0.0197. The van der Waals surface area contributed by atoms with Gasteiger partial charge in [-0.1, -0.05) is 26.0 Å². The second-order valence-corrected chi connectivity index (χ2v) is 7.14. The summed E-state index contributed by atoms with van der Waals surface area (Å²) >= 11 is 0. The number of benzene rings is 1. The fraction of sp³-hybridized carbons (Fsp3) is 0.600. The summed E-state index contributed by atoms with van der Waals surface area (Å²) in [6.45, 7) is 6.47. The lowest BCUT2D eigenvalue weighted by Crippen LogP contribution is -2.49. The van der Waals surface area contributed by atoms with Gasteiger partial charge in [-0.15, -0.1) is 0 Å². The lowest BCUT2D eigenvalue weighted by atomic mass is 10.1. The van der Waals surface area contributed by atoms with Crippen LogP contribution in [-0.2, 0) is 16.0 Å². The molecule has 2 rings (SSSR count). The number of carbonyl (C=O) groups is 2. The van der Waals surface area contributed by atoms with Gasteiger partial charge >= 0.3 is 0 Å². The van der Waals surface area contributed by atoms with E-state index in [9.17, 15) is 9.59 Å². The molecule has 1 fully saturated rings. The molecular formula is C20H30N2O3. The average molecular weight is 346 g/mol. The molecule has 2 amide bonds. The van der Waals surface area contributed by atoms with Gasteiger partial charge in [0, 0.05) is 18.5 Å². The topological polar surface area (TPSA) is 58.6 Å². The minimum Gasteiger partial charge on any atom is -0.497 e. The molecule has 0 saturated carbocycles. The number of rotatable bonds is 7. The van der Waals surface area contributed by atoms with Crippen LogP contribution < -0.4 is 10.1 Å². The zero-order valence-corrected chi connectivity index (χ0v) is 15.7. The van der Waals surface area contributed by atoms with E-state index in [0.717, 1.165) is 31.4 Å². The zero-order valence-electron chi connectivity index (χ0n) is 15.7. The molecule has 1 aliphatic heterocycles. The normalized spacial score (nSPS) is 18.3. The predicted molar refractivity (Wildman–Crippen MR) is 98.5 cm³/mol. The number of ether oxygens (including phenoxy) is 1. The fourth-order valence-corrected chi connectivity index (χ4v) is 3.22. The highest BCUT2D eigenvalue weighted by Gasteiger charge is 2.35. The number of nitrogens with one attached hydrogen (secondary N) is 1. The minimum atomic E-state index is -0.307. The van der Waals surface area contributed by atoms with E-state index in [2.05, 4.69) is 5.32 Å². The summed E-state index contributed by atoms with van der Waals surface area (Å²) in [7, 11) is 1.66. The molecule has 0 spiro atoms. The van der Waals surface area contributed by atoms with Gasteiger partial charge in [-0.05, 0) is 50.3 Å². The highest BCUT2D eigenvalue weighted by Crippen LogP contribution is 2.20. The van der Waals surface area contributed by atoms with Crippen LogP contribution in [-0.4, -0.2) is 42.5 Å². The Bertz CT molecular complexity index is 583. The monoisotopic (exact) mass is 346 g/mol. The van der Waals surface area contributed by atoms with E-state index in [4.69, 9.17) is 4.74 Å². The summed E-state index contributed by atoms with van der Waals surface area (Å²) in [6.07, 6.45) is 3.42. The SMILES string of the molecule is COc1ccc(CC[C@H](C)NC(=O)[C@@H]2CCCN2C(=O)C(C)C)cc1. The van der Waals surface area contributed by atoms with Gasteiger partial charge in [-0.3, -0.25) is 9.59 Å². The van der Waals surface area contributed by atoms with Crippen molar-refractivity contribution in [1.29, 1.82) is 0 Å². The third kappa shape index (κ3) is 5.21. The average Bonchev–Trinajstić information content (AvgIpc) is 3.09. The van der Waals surface area contributed by atoms with Crippen molar-refractivity contribution in [3.05, 3.63) is 29.8 Å². The van der Waals surface area contributed by atoms with Gasteiger partial charge < -0.3 is 15.0 Å². The van der Waals surface area contributed by atoms with Crippen LogP contribution in [0.15, 0.2) is 24.3 Å². The first-order chi connectivity index (χ1) is 11.9. The molecule has 0 unspecified atom stereocenters. The molecule has 0 aromatic heterocycles. The quantitative estimate of drug-likeness (QED) is 0.826. The first kappa shape index (κ1) is 19.3. The van der Waals surface area contributed by atoms with Crippen molar-refractivity contribution < 1.29 is 14.3 Å².